The molecular weight excluding hydrogens is 246 g/mol. The van der Waals surface area contributed by atoms with Crippen LogP contribution in [0.1, 0.15) is 38.5 Å². The summed E-state index contributed by atoms with van der Waals surface area (Å²) < 4.78 is 5.31. The van der Waals surface area contributed by atoms with Gasteiger partial charge in [0.2, 0.25) is 11.8 Å². The zero-order valence-electron chi connectivity index (χ0n) is 11.2. The molecule has 2 amide bonds. The Bertz CT molecular complexity index is 334. The molecule has 0 radical (unpaired) electrons. The number of nitrogens with one attached hydrogen (secondary N) is 2. The number of morpholine rings is 1. The maximum Gasteiger partial charge on any atom is 0.243 e. The fourth-order valence-corrected chi connectivity index (χ4v) is 2.88. The van der Waals surface area contributed by atoms with E-state index in [9.17, 15) is 9.59 Å². The number of ether oxygens (including phenoxy) is 1. The van der Waals surface area contributed by atoms with Gasteiger partial charge in [-0.05, 0) is 12.8 Å². The largest absolute Gasteiger partial charge is 0.378 e. The predicted molar refractivity (Wildman–Crippen MR) is 70.4 cm³/mol. The van der Waals surface area contributed by atoms with Crippen LogP contribution < -0.4 is 16.4 Å². The van der Waals surface area contributed by atoms with Crippen LogP contribution in [0.5, 0.6) is 0 Å². The van der Waals surface area contributed by atoms with Crippen LogP contribution in [0, 0.1) is 0 Å². The first-order valence-corrected chi connectivity index (χ1v) is 7.04. The average Bonchev–Trinajstić information content (AvgIpc) is 2.40. The molecule has 2 aliphatic rings. The van der Waals surface area contributed by atoms with Gasteiger partial charge in [0.25, 0.3) is 0 Å². The highest BCUT2D eigenvalue weighted by Gasteiger charge is 2.39. The van der Waals surface area contributed by atoms with Gasteiger partial charge in [-0.15, -0.1) is 0 Å². The Morgan fingerprint density at radius 2 is 2.05 bits per heavy atom. The van der Waals surface area contributed by atoms with Gasteiger partial charge >= 0.3 is 0 Å². The standard InChI is InChI=1S/C13H23N3O3/c14-12(18)13(4-2-1-3-5-13)16-11(17)8-10-9-19-7-6-15-10/h10,15H,1-9H2,(H2,14,18)(H,16,17). The third kappa shape index (κ3) is 3.67. The third-order valence-corrected chi connectivity index (χ3v) is 3.99. The van der Waals surface area contributed by atoms with Crippen LogP contribution in [-0.2, 0) is 14.3 Å². The van der Waals surface area contributed by atoms with Crippen LogP contribution in [0.3, 0.4) is 0 Å². The van der Waals surface area contributed by atoms with E-state index < -0.39 is 11.4 Å². The molecule has 1 atom stereocenters. The van der Waals surface area contributed by atoms with Crippen LogP contribution in [0.2, 0.25) is 0 Å². The molecule has 6 nitrogen and oxygen atoms in total. The lowest BCUT2D eigenvalue weighted by Gasteiger charge is -2.35. The van der Waals surface area contributed by atoms with Crippen molar-refractivity contribution in [2.24, 2.45) is 5.73 Å². The maximum absolute atomic E-state index is 12.1. The van der Waals surface area contributed by atoms with E-state index in [0.29, 0.717) is 32.5 Å². The van der Waals surface area contributed by atoms with Crippen LogP contribution in [0.25, 0.3) is 0 Å². The van der Waals surface area contributed by atoms with Crippen LogP contribution in [0.4, 0.5) is 0 Å². The Kier molecular flexibility index (Phi) is 4.76. The van der Waals surface area contributed by atoms with Crippen LogP contribution >= 0.6 is 0 Å². The van der Waals surface area contributed by atoms with Crippen molar-refractivity contribution in [2.45, 2.75) is 50.1 Å². The van der Waals surface area contributed by atoms with Crippen molar-refractivity contribution in [2.75, 3.05) is 19.8 Å². The molecule has 1 saturated heterocycles. The van der Waals surface area contributed by atoms with E-state index in [0.717, 1.165) is 25.8 Å². The van der Waals surface area contributed by atoms with Gasteiger partial charge in [0.15, 0.2) is 0 Å². The fraction of sp³-hybridized carbons (Fsp3) is 0.846. The van der Waals surface area contributed by atoms with Gasteiger partial charge in [0.1, 0.15) is 5.54 Å². The molecule has 2 fully saturated rings. The number of amides is 2. The van der Waals surface area contributed by atoms with E-state index in [-0.39, 0.29) is 11.9 Å². The summed E-state index contributed by atoms with van der Waals surface area (Å²) in [6.45, 7) is 1.99. The van der Waals surface area contributed by atoms with Gasteiger partial charge in [0.05, 0.1) is 13.2 Å². The fourth-order valence-electron chi connectivity index (χ4n) is 2.88. The van der Waals surface area contributed by atoms with Gasteiger partial charge in [-0.25, -0.2) is 0 Å². The Labute approximate surface area is 113 Å². The van der Waals surface area contributed by atoms with E-state index >= 15 is 0 Å². The van der Waals surface area contributed by atoms with Gasteiger partial charge in [-0.2, -0.15) is 0 Å². The molecule has 2 rings (SSSR count). The summed E-state index contributed by atoms with van der Waals surface area (Å²) in [6.07, 6.45) is 4.62. The lowest BCUT2D eigenvalue weighted by molar-refractivity contribution is -0.133. The van der Waals surface area contributed by atoms with Gasteiger partial charge in [0, 0.05) is 19.0 Å². The minimum atomic E-state index is -0.829. The molecule has 0 bridgehead atoms. The summed E-state index contributed by atoms with van der Waals surface area (Å²) >= 11 is 0. The maximum atomic E-state index is 12.1. The highest BCUT2D eigenvalue weighted by molar-refractivity contribution is 5.90. The summed E-state index contributed by atoms with van der Waals surface area (Å²) in [5.74, 6) is -0.530. The molecular formula is C13H23N3O3. The molecule has 0 aromatic heterocycles. The van der Waals surface area contributed by atoms with Crippen LogP contribution in [0.15, 0.2) is 0 Å². The third-order valence-electron chi connectivity index (χ3n) is 3.99. The van der Waals surface area contributed by atoms with Crippen molar-refractivity contribution >= 4 is 11.8 Å². The molecule has 1 saturated carbocycles. The first-order chi connectivity index (χ1) is 9.12. The smallest absolute Gasteiger partial charge is 0.243 e. The molecule has 19 heavy (non-hydrogen) atoms. The predicted octanol–water partition coefficient (Wildman–Crippen LogP) is -0.331. The molecule has 1 aliphatic carbocycles. The molecule has 0 aromatic rings. The van der Waals surface area contributed by atoms with E-state index in [1.54, 1.807) is 0 Å². The lowest BCUT2D eigenvalue weighted by atomic mass is 9.81. The second-order valence-corrected chi connectivity index (χ2v) is 5.49. The summed E-state index contributed by atoms with van der Waals surface area (Å²) in [6, 6.07) is 0.0299. The Morgan fingerprint density at radius 1 is 1.32 bits per heavy atom. The zero-order valence-corrected chi connectivity index (χ0v) is 11.2. The second kappa shape index (κ2) is 6.34. The SMILES string of the molecule is NC(=O)C1(NC(=O)CC2COCCN2)CCCCC1. The molecule has 6 heteroatoms. The van der Waals surface area contributed by atoms with Gasteiger partial charge in [-0.3, -0.25) is 9.59 Å². The highest BCUT2D eigenvalue weighted by Crippen LogP contribution is 2.28. The summed E-state index contributed by atoms with van der Waals surface area (Å²) in [5, 5.41) is 6.10. The number of hydrogen-bond donors (Lipinski definition) is 3. The number of carbonyl (C=O) groups is 2. The number of nitrogens with two attached hydrogens (primary N) is 1. The number of primary amides is 1. The molecule has 0 aromatic carbocycles. The Balaban J connectivity index is 1.89. The van der Waals surface area contributed by atoms with E-state index in [1.807, 2.05) is 0 Å². The summed E-state index contributed by atoms with van der Waals surface area (Å²) in [7, 11) is 0. The minimum absolute atomic E-state index is 0.0299. The van der Waals surface area contributed by atoms with Crippen molar-refractivity contribution in [3.05, 3.63) is 0 Å². The average molecular weight is 269 g/mol. The second-order valence-electron chi connectivity index (χ2n) is 5.49. The molecule has 1 unspecified atom stereocenters. The first kappa shape index (κ1) is 14.3. The number of hydrogen-bond acceptors (Lipinski definition) is 4. The topological polar surface area (TPSA) is 93.5 Å². The zero-order chi connectivity index (χ0) is 13.7. The van der Waals surface area contributed by atoms with E-state index in [2.05, 4.69) is 10.6 Å². The molecule has 1 aliphatic heterocycles. The monoisotopic (exact) mass is 269 g/mol. The molecule has 108 valence electrons. The van der Waals surface area contributed by atoms with Crippen molar-refractivity contribution in [1.82, 2.24) is 10.6 Å². The lowest BCUT2D eigenvalue weighted by Crippen LogP contribution is -2.59. The quantitative estimate of drug-likeness (QED) is 0.651. The molecule has 4 N–H and O–H groups in total. The van der Waals surface area contributed by atoms with Crippen LogP contribution in [-0.4, -0.2) is 43.2 Å². The van der Waals surface area contributed by atoms with Crippen molar-refractivity contribution in [3.8, 4) is 0 Å². The summed E-state index contributed by atoms with van der Waals surface area (Å²) in [5.41, 5.74) is 4.66. The van der Waals surface area contributed by atoms with Gasteiger partial charge in [-0.1, -0.05) is 19.3 Å². The number of carbonyl (C=O) groups excluding carboxylic acids is 2. The normalized spacial score (nSPS) is 26.6. The highest BCUT2D eigenvalue weighted by atomic mass is 16.5. The van der Waals surface area contributed by atoms with E-state index in [1.165, 1.54) is 0 Å². The Hall–Kier alpha value is -1.14. The Morgan fingerprint density at radius 3 is 2.63 bits per heavy atom. The number of rotatable bonds is 4. The van der Waals surface area contributed by atoms with Crippen molar-refractivity contribution in [1.29, 1.82) is 0 Å². The molecule has 0 spiro atoms. The van der Waals surface area contributed by atoms with Crippen molar-refractivity contribution < 1.29 is 14.3 Å². The minimum Gasteiger partial charge on any atom is -0.378 e. The summed E-state index contributed by atoms with van der Waals surface area (Å²) in [4.78, 5) is 23.7. The van der Waals surface area contributed by atoms with E-state index in [4.69, 9.17) is 10.5 Å². The van der Waals surface area contributed by atoms with Gasteiger partial charge < -0.3 is 21.1 Å². The first-order valence-electron chi connectivity index (χ1n) is 7.04. The van der Waals surface area contributed by atoms with Crippen molar-refractivity contribution in [3.63, 3.8) is 0 Å². The molecule has 1 heterocycles.